The van der Waals surface area contributed by atoms with Gasteiger partial charge in [-0.3, -0.25) is 9.48 Å². The molecule has 5 aromatic rings. The first-order chi connectivity index (χ1) is 31.7. The van der Waals surface area contributed by atoms with Gasteiger partial charge in [0, 0.05) is 38.4 Å². The molecule has 67 heavy (non-hydrogen) atoms. The normalized spacial score (nSPS) is 18.9. The molecule has 0 radical (unpaired) electrons. The minimum absolute atomic E-state index is 0.0677. The Labute approximate surface area is 381 Å². The smallest absolute Gasteiger partial charge is 0.417 e. The molecule has 2 unspecified atom stereocenters. The Balaban J connectivity index is 1.32. The molecule has 2 amide bonds. The summed E-state index contributed by atoms with van der Waals surface area (Å²) in [5, 5.41) is 7.06. The van der Waals surface area contributed by atoms with Crippen LogP contribution in [0.15, 0.2) is 66.9 Å². The number of alkyl halides is 5. The third-order valence-electron chi connectivity index (χ3n) is 12.1. The summed E-state index contributed by atoms with van der Waals surface area (Å²) in [6.07, 6.45) is -10.0. The van der Waals surface area contributed by atoms with Crippen LogP contribution in [-0.4, -0.2) is 93.6 Å². The first-order valence-electron chi connectivity index (χ1n) is 21.3. The van der Waals surface area contributed by atoms with Crippen molar-refractivity contribution in [3.05, 3.63) is 112 Å². The van der Waals surface area contributed by atoms with E-state index in [9.17, 15) is 9.59 Å². The van der Waals surface area contributed by atoms with Gasteiger partial charge in [-0.05, 0) is 87.2 Å². The molecule has 2 aromatic heterocycles. The molecule has 0 aliphatic carbocycles. The Bertz CT molecular complexity index is 2620. The maximum atomic E-state index is 17.7. The number of carbonyl (C=O) groups excluding carboxylic acids is 2. The largest absolute Gasteiger partial charge is 0.497 e. The van der Waals surface area contributed by atoms with E-state index < -0.39 is 106 Å². The SMILES string of the molecule is COc1ccc(CN(Cc2ccc(OC)cc2)c2cc(-c3nc4c(c(NCc5ccn(C)n5)c3F)C(=O)N3C(C(C(F)F)O4)[C@@H]4C[C@H]3CN4C(=O)OC(C)(C)C)c(C(F)(F)F)c(C)c2F)cc1. The third kappa shape index (κ3) is 9.09. The number of benzene rings is 3. The van der Waals surface area contributed by atoms with Crippen molar-refractivity contribution in [3.63, 3.8) is 0 Å². The summed E-state index contributed by atoms with van der Waals surface area (Å²) in [7, 11) is 4.57. The number of amides is 2. The minimum Gasteiger partial charge on any atom is -0.497 e. The van der Waals surface area contributed by atoms with Crippen LogP contribution in [0.4, 0.5) is 46.9 Å². The van der Waals surface area contributed by atoms with Crippen molar-refractivity contribution in [3.8, 4) is 28.6 Å². The molecule has 0 spiro atoms. The third-order valence-corrected chi connectivity index (χ3v) is 12.1. The number of pyridine rings is 1. The number of carbonyl (C=O) groups is 2. The quantitative estimate of drug-likeness (QED) is 0.121. The summed E-state index contributed by atoms with van der Waals surface area (Å²) in [6.45, 7) is 5.27. The van der Waals surface area contributed by atoms with Crippen molar-refractivity contribution < 1.29 is 59.3 Å². The number of anilines is 2. The Hall–Kier alpha value is -6.73. The molecule has 2 saturated heterocycles. The summed E-state index contributed by atoms with van der Waals surface area (Å²) in [5.41, 5.74) is -5.69. The van der Waals surface area contributed by atoms with E-state index >= 15 is 30.7 Å². The van der Waals surface area contributed by atoms with Crippen LogP contribution in [0.25, 0.3) is 11.3 Å². The van der Waals surface area contributed by atoms with E-state index in [4.69, 9.17) is 18.9 Å². The minimum atomic E-state index is -5.33. The number of hydrogen-bond donors (Lipinski definition) is 1. The number of piperazine rings is 1. The standard InChI is InChI=1S/C47H48F7N7O6/c1-24-35(47(52,53)54)31(19-32(36(24)48)59(21-25-8-12-29(64-6)13-9-25)22-26-10-14-30(65-7)15-11-26)38-37(49)39(55-20-27-16-17-58(5)57-27)34-43(56-38)66-41(42(50)51)40-33-18-28(61(40)44(34)62)23-60(33)45(63)67-46(2,3)4/h8-17,19,28,33,40-42H,18,20-23H2,1-7H3,(H,55,56)/t28-,33-,40?,41?/m0/s1. The van der Waals surface area contributed by atoms with Crippen molar-refractivity contribution in [2.75, 3.05) is 31.0 Å². The number of nitrogens with zero attached hydrogens (tertiary/aromatic N) is 6. The number of likely N-dealkylation sites (tertiary alicyclic amines) is 1. The molecule has 356 valence electrons. The van der Waals surface area contributed by atoms with Gasteiger partial charge >= 0.3 is 12.3 Å². The molecular weight excluding hydrogens is 892 g/mol. The molecule has 5 heterocycles. The Kier molecular flexibility index (Phi) is 12.4. The van der Waals surface area contributed by atoms with Gasteiger partial charge in [-0.1, -0.05) is 24.3 Å². The number of ether oxygens (including phenoxy) is 4. The molecule has 3 aliphatic rings. The average Bonchev–Trinajstić information content (AvgIpc) is 3.98. The number of halogens is 7. The van der Waals surface area contributed by atoms with Crippen molar-refractivity contribution in [1.29, 1.82) is 0 Å². The van der Waals surface area contributed by atoms with E-state index in [1.807, 2.05) is 0 Å². The lowest BCUT2D eigenvalue weighted by molar-refractivity contribution is -0.137. The number of methoxy groups -OCH3 is 2. The lowest BCUT2D eigenvalue weighted by Gasteiger charge is -2.42. The lowest BCUT2D eigenvalue weighted by Crippen LogP contribution is -2.62. The summed E-state index contributed by atoms with van der Waals surface area (Å²) >= 11 is 0. The van der Waals surface area contributed by atoms with Gasteiger partial charge in [0.15, 0.2) is 11.9 Å². The van der Waals surface area contributed by atoms with Gasteiger partial charge in [-0.25, -0.2) is 27.3 Å². The maximum absolute atomic E-state index is 17.7. The monoisotopic (exact) mass is 939 g/mol. The fraction of sp³-hybridized carbons (Fsp3) is 0.404. The zero-order valence-electron chi connectivity index (χ0n) is 37.6. The number of rotatable bonds is 12. The fourth-order valence-corrected chi connectivity index (χ4v) is 9.13. The van der Waals surface area contributed by atoms with Crippen molar-refractivity contribution in [2.45, 2.75) is 96.2 Å². The first-order valence-corrected chi connectivity index (χ1v) is 21.3. The van der Waals surface area contributed by atoms with Gasteiger partial charge in [-0.2, -0.15) is 18.3 Å². The molecule has 20 heteroatoms. The average molecular weight is 940 g/mol. The molecule has 8 rings (SSSR count). The molecule has 3 aliphatic heterocycles. The van der Waals surface area contributed by atoms with Gasteiger partial charge in [-0.15, -0.1) is 0 Å². The van der Waals surface area contributed by atoms with Crippen LogP contribution in [0.1, 0.15) is 65.5 Å². The maximum Gasteiger partial charge on any atom is 0.417 e. The van der Waals surface area contributed by atoms with Gasteiger partial charge in [0.05, 0.1) is 61.5 Å². The predicted octanol–water partition coefficient (Wildman–Crippen LogP) is 9.15. The predicted molar refractivity (Wildman–Crippen MR) is 231 cm³/mol. The number of fused-ring (bicyclic) bond motifs is 6. The Morgan fingerprint density at radius 2 is 1.57 bits per heavy atom. The second-order valence-electron chi connectivity index (χ2n) is 17.7. The molecule has 1 N–H and O–H groups in total. The topological polar surface area (TPSA) is 124 Å². The number of nitrogens with one attached hydrogen (secondary N) is 1. The molecule has 2 bridgehead atoms. The molecule has 4 atom stereocenters. The lowest BCUT2D eigenvalue weighted by atomic mass is 9.94. The van der Waals surface area contributed by atoms with Crippen LogP contribution in [0.2, 0.25) is 0 Å². The highest BCUT2D eigenvalue weighted by molar-refractivity contribution is 6.04. The van der Waals surface area contributed by atoms with Gasteiger partial charge in [0.1, 0.15) is 34.2 Å². The van der Waals surface area contributed by atoms with Crippen LogP contribution >= 0.6 is 0 Å². The fourth-order valence-electron chi connectivity index (χ4n) is 9.13. The first kappa shape index (κ1) is 46.8. The Morgan fingerprint density at radius 1 is 0.955 bits per heavy atom. The van der Waals surface area contributed by atoms with E-state index in [0.29, 0.717) is 28.3 Å². The Morgan fingerprint density at radius 3 is 2.09 bits per heavy atom. The summed E-state index contributed by atoms with van der Waals surface area (Å²) in [6, 6.07) is 12.4. The number of aromatic nitrogens is 3. The van der Waals surface area contributed by atoms with E-state index in [1.165, 1.54) is 28.7 Å². The number of hydrogen-bond acceptors (Lipinski definition) is 10. The van der Waals surface area contributed by atoms with E-state index in [1.54, 1.807) is 88.6 Å². The molecule has 3 aromatic carbocycles. The van der Waals surface area contributed by atoms with Gasteiger partial charge in [0.2, 0.25) is 5.88 Å². The zero-order valence-corrected chi connectivity index (χ0v) is 37.6. The van der Waals surface area contributed by atoms with E-state index in [2.05, 4.69) is 15.4 Å². The van der Waals surface area contributed by atoms with Gasteiger partial charge in [0.25, 0.3) is 12.3 Å². The van der Waals surface area contributed by atoms with Crippen molar-refractivity contribution in [2.24, 2.45) is 7.05 Å². The molecule has 13 nitrogen and oxygen atoms in total. The highest BCUT2D eigenvalue weighted by atomic mass is 19.4. The zero-order chi connectivity index (χ0) is 48.3. The van der Waals surface area contributed by atoms with Crippen LogP contribution in [0.5, 0.6) is 17.4 Å². The van der Waals surface area contributed by atoms with Crippen LogP contribution < -0.4 is 24.4 Å². The molecule has 0 saturated carbocycles. The van der Waals surface area contributed by atoms with E-state index in [-0.39, 0.29) is 38.3 Å². The summed E-state index contributed by atoms with van der Waals surface area (Å²) < 4.78 is 135. The van der Waals surface area contributed by atoms with Crippen molar-refractivity contribution >= 4 is 23.4 Å². The molecule has 2 fully saturated rings. The van der Waals surface area contributed by atoms with Crippen LogP contribution in [0, 0.1) is 18.6 Å². The second-order valence-corrected chi connectivity index (χ2v) is 17.7. The van der Waals surface area contributed by atoms with E-state index in [0.717, 1.165) is 17.9 Å². The second kappa shape index (κ2) is 17.8. The van der Waals surface area contributed by atoms with Crippen LogP contribution in [-0.2, 0) is 37.6 Å². The summed E-state index contributed by atoms with van der Waals surface area (Å²) in [5.74, 6) is -3.60. The number of aryl methyl sites for hydroxylation is 1. The van der Waals surface area contributed by atoms with Gasteiger partial charge < -0.3 is 39.0 Å². The van der Waals surface area contributed by atoms with Crippen LogP contribution in [0.3, 0.4) is 0 Å². The summed E-state index contributed by atoms with van der Waals surface area (Å²) in [4.78, 5) is 36.3. The van der Waals surface area contributed by atoms with Crippen molar-refractivity contribution in [1.82, 2.24) is 24.6 Å². The highest BCUT2D eigenvalue weighted by Crippen LogP contribution is 2.49. The highest BCUT2D eigenvalue weighted by Gasteiger charge is 2.61. The molecular formula is C47H48F7N7O6.